The molecule has 2 radical (unpaired) electrons. The molecule has 0 fully saturated rings. The van der Waals surface area contributed by atoms with Crippen LogP contribution in [0.5, 0.6) is 0 Å². The molecule has 0 bridgehead atoms. The maximum atomic E-state index is 2.99. The van der Waals surface area contributed by atoms with Crippen molar-refractivity contribution in [3.05, 3.63) is 35.4 Å². The van der Waals surface area contributed by atoms with Gasteiger partial charge in [-0.05, 0) is 0 Å². The summed E-state index contributed by atoms with van der Waals surface area (Å²) >= 11 is 5.98. The van der Waals surface area contributed by atoms with Crippen LogP contribution in [-0.4, -0.2) is 32.0 Å². The van der Waals surface area contributed by atoms with E-state index in [0.29, 0.717) is 0 Å². The fourth-order valence-corrected chi connectivity index (χ4v) is 1.54. The van der Waals surface area contributed by atoms with Gasteiger partial charge in [0.05, 0.1) is 0 Å². The van der Waals surface area contributed by atoms with Gasteiger partial charge in [0.25, 0.3) is 0 Å². The third kappa shape index (κ3) is 2.14. The van der Waals surface area contributed by atoms with E-state index in [1.807, 2.05) is 0 Å². The van der Waals surface area contributed by atoms with Crippen molar-refractivity contribution >= 4 is 32.0 Å². The van der Waals surface area contributed by atoms with Gasteiger partial charge in [0.2, 0.25) is 0 Å². The molecule has 0 aliphatic rings. The van der Waals surface area contributed by atoms with E-state index in [4.69, 9.17) is 0 Å². The first-order chi connectivity index (χ1) is 4.86. The van der Waals surface area contributed by atoms with Crippen LogP contribution >= 0.6 is 0 Å². The van der Waals surface area contributed by atoms with Gasteiger partial charge in [-0.15, -0.1) is 0 Å². The van der Waals surface area contributed by atoms with Gasteiger partial charge in [-0.1, -0.05) is 0 Å². The Morgan fingerprint density at radius 2 is 1.10 bits per heavy atom. The van der Waals surface area contributed by atoms with Crippen molar-refractivity contribution in [1.82, 2.24) is 0 Å². The molecule has 1 rings (SSSR count). The van der Waals surface area contributed by atoms with Gasteiger partial charge >= 0.3 is 78.1 Å². The maximum absolute atomic E-state index is 2.99. The summed E-state index contributed by atoms with van der Waals surface area (Å²) in [5.74, 6) is 0. The molecule has 0 atom stereocenters. The van der Waals surface area contributed by atoms with Crippen LogP contribution < -0.4 is 0 Å². The Kier molecular flexibility index (Phi) is 3.51. The third-order valence-corrected chi connectivity index (χ3v) is 2.76. The van der Waals surface area contributed by atoms with Crippen molar-refractivity contribution < 1.29 is 0 Å². The van der Waals surface area contributed by atoms with Crippen LogP contribution in [0.2, 0.25) is 0 Å². The predicted octanol–water partition coefficient (Wildman–Crippen LogP) is 1.02. The van der Waals surface area contributed by atoms with Gasteiger partial charge in [0.1, 0.15) is 0 Å². The number of rotatable bonds is 2. The normalized spacial score (nSPS) is 9.80. The average molecular weight is 262 g/mol. The van der Waals surface area contributed by atoms with E-state index >= 15 is 0 Å². The van der Waals surface area contributed by atoms with Gasteiger partial charge in [-0.25, -0.2) is 0 Å². The summed E-state index contributed by atoms with van der Waals surface area (Å²) in [5, 5.41) is 2.02. The molecule has 0 N–H and O–H groups in total. The Morgan fingerprint density at radius 3 is 1.30 bits per heavy atom. The van der Waals surface area contributed by atoms with Crippen LogP contribution in [0, 0.1) is 0 Å². The monoisotopic (exact) mass is 264 g/mol. The SMILES string of the molecule is [Se]Cc1ccc(C[Se])cc1. The van der Waals surface area contributed by atoms with Crippen LogP contribution in [-0.2, 0) is 10.6 Å². The molecule has 0 aliphatic carbocycles. The molecule has 0 amide bonds. The molecule has 0 saturated carbocycles. The molecular formula is C8H8Se2. The second-order valence-corrected chi connectivity index (χ2v) is 3.32. The van der Waals surface area contributed by atoms with E-state index < -0.39 is 0 Å². The zero-order valence-electron chi connectivity index (χ0n) is 5.54. The van der Waals surface area contributed by atoms with Gasteiger partial charge < -0.3 is 0 Å². The number of hydrogen-bond donors (Lipinski definition) is 0. The fourth-order valence-electron chi connectivity index (χ4n) is 0.732. The molecule has 0 aromatic heterocycles. The van der Waals surface area contributed by atoms with Gasteiger partial charge in [-0.3, -0.25) is 0 Å². The molecule has 52 valence electrons. The molecule has 10 heavy (non-hydrogen) atoms. The zero-order valence-corrected chi connectivity index (χ0v) is 8.97. The molecule has 0 saturated heterocycles. The Morgan fingerprint density at radius 1 is 0.800 bits per heavy atom. The Hall–Kier alpha value is 0.259. The molecule has 0 spiro atoms. The summed E-state index contributed by atoms with van der Waals surface area (Å²) < 4.78 is 0. The molecular weight excluding hydrogens is 254 g/mol. The van der Waals surface area contributed by atoms with Gasteiger partial charge in [-0.2, -0.15) is 0 Å². The van der Waals surface area contributed by atoms with E-state index in [1.54, 1.807) is 0 Å². The summed E-state index contributed by atoms with van der Waals surface area (Å²) in [6, 6.07) is 8.62. The van der Waals surface area contributed by atoms with E-state index in [0.717, 1.165) is 10.6 Å². The average Bonchev–Trinajstić information content (AvgIpc) is 2.05. The first kappa shape index (κ1) is 8.36. The van der Waals surface area contributed by atoms with Gasteiger partial charge in [0, 0.05) is 0 Å². The standard InChI is InChI=1S/C8H8Se2/c9-5-7-1-2-8(6-10)4-3-7/h1-4H,5-6H2. The molecule has 1 aromatic rings. The second-order valence-electron chi connectivity index (χ2n) is 2.11. The van der Waals surface area contributed by atoms with Crippen LogP contribution in [0.25, 0.3) is 0 Å². The predicted molar refractivity (Wildman–Crippen MR) is 45.4 cm³/mol. The van der Waals surface area contributed by atoms with Crippen molar-refractivity contribution in [2.75, 3.05) is 0 Å². The van der Waals surface area contributed by atoms with E-state index in [9.17, 15) is 0 Å². The van der Waals surface area contributed by atoms with Crippen molar-refractivity contribution in [2.45, 2.75) is 10.6 Å². The van der Waals surface area contributed by atoms with E-state index in [-0.39, 0.29) is 0 Å². The molecule has 0 aliphatic heterocycles. The van der Waals surface area contributed by atoms with Crippen molar-refractivity contribution in [3.8, 4) is 0 Å². The topological polar surface area (TPSA) is 0 Å². The summed E-state index contributed by atoms with van der Waals surface area (Å²) in [6.45, 7) is 0. The number of hydrogen-bond acceptors (Lipinski definition) is 0. The Balaban J connectivity index is 2.80. The van der Waals surface area contributed by atoms with Crippen LogP contribution in [0.3, 0.4) is 0 Å². The van der Waals surface area contributed by atoms with E-state index in [1.165, 1.54) is 11.1 Å². The first-order valence-electron chi connectivity index (χ1n) is 3.11. The second kappa shape index (κ2) is 4.20. The minimum atomic E-state index is 1.01. The molecule has 0 unspecified atom stereocenters. The Bertz CT molecular complexity index is 168. The summed E-state index contributed by atoms with van der Waals surface area (Å²) in [7, 11) is 0. The molecule has 2 heteroatoms. The summed E-state index contributed by atoms with van der Waals surface area (Å²) in [6.07, 6.45) is 0. The quantitative estimate of drug-likeness (QED) is 0.698. The third-order valence-electron chi connectivity index (χ3n) is 1.36. The fraction of sp³-hybridized carbons (Fsp3) is 0.250. The molecule has 0 nitrogen and oxygen atoms in total. The Labute approximate surface area is 78.0 Å². The number of benzene rings is 1. The molecule has 1 aromatic carbocycles. The molecule has 0 heterocycles. The zero-order chi connectivity index (χ0) is 7.40. The van der Waals surface area contributed by atoms with Crippen molar-refractivity contribution in [1.29, 1.82) is 0 Å². The minimum absolute atomic E-state index is 1.01. The van der Waals surface area contributed by atoms with Crippen LogP contribution in [0.1, 0.15) is 11.1 Å². The summed E-state index contributed by atoms with van der Waals surface area (Å²) in [4.78, 5) is 0. The summed E-state index contributed by atoms with van der Waals surface area (Å²) in [5.41, 5.74) is 2.72. The van der Waals surface area contributed by atoms with Crippen LogP contribution in [0.4, 0.5) is 0 Å². The van der Waals surface area contributed by atoms with E-state index in [2.05, 4.69) is 56.3 Å². The first-order valence-corrected chi connectivity index (χ1v) is 5.53. The van der Waals surface area contributed by atoms with Crippen LogP contribution in [0.15, 0.2) is 24.3 Å². The van der Waals surface area contributed by atoms with Gasteiger partial charge in [0.15, 0.2) is 0 Å². The van der Waals surface area contributed by atoms with Crippen molar-refractivity contribution in [2.24, 2.45) is 0 Å². The van der Waals surface area contributed by atoms with Crippen molar-refractivity contribution in [3.63, 3.8) is 0 Å².